The van der Waals surface area contributed by atoms with Crippen LogP contribution >= 0.6 is 0 Å². The molecule has 0 aliphatic rings. The van der Waals surface area contributed by atoms with Crippen LogP contribution in [0, 0.1) is 5.92 Å². The fourth-order valence-corrected chi connectivity index (χ4v) is 3.10. The van der Waals surface area contributed by atoms with Gasteiger partial charge < -0.3 is 15.4 Å². The third kappa shape index (κ3) is 8.89. The average molecular weight is 367 g/mol. The van der Waals surface area contributed by atoms with Crippen molar-refractivity contribution in [3.63, 3.8) is 0 Å². The van der Waals surface area contributed by atoms with E-state index in [0.29, 0.717) is 12.0 Å². The van der Waals surface area contributed by atoms with E-state index in [-0.39, 0.29) is 0 Å². The lowest BCUT2D eigenvalue weighted by Gasteiger charge is -2.20. The van der Waals surface area contributed by atoms with Crippen LogP contribution in [0.5, 0.6) is 5.75 Å². The second-order valence-electron chi connectivity index (χ2n) is 7.35. The van der Waals surface area contributed by atoms with Crippen molar-refractivity contribution in [3.05, 3.63) is 71.8 Å². The van der Waals surface area contributed by atoms with Crippen molar-refractivity contribution < 1.29 is 4.74 Å². The monoisotopic (exact) mass is 366 g/mol. The Balaban J connectivity index is 1.70. The minimum absolute atomic E-state index is 0.487. The summed E-state index contributed by atoms with van der Waals surface area (Å²) in [7, 11) is 1.70. The molecule has 2 N–H and O–H groups in total. The number of nitrogens with one attached hydrogen (secondary N) is 2. The van der Waals surface area contributed by atoms with Gasteiger partial charge in [0.15, 0.2) is 0 Å². The third-order valence-corrected chi connectivity index (χ3v) is 4.53. The Labute approximate surface area is 164 Å². The topological polar surface area (TPSA) is 33.3 Å². The Morgan fingerprint density at radius 2 is 1.74 bits per heavy atom. The largest absolute Gasteiger partial charge is 0.497 e. The predicted molar refractivity (Wildman–Crippen MR) is 116 cm³/mol. The molecular formula is C24H34N2O. The van der Waals surface area contributed by atoms with Gasteiger partial charge in [-0.1, -0.05) is 68.5 Å². The Morgan fingerprint density at radius 1 is 1.00 bits per heavy atom. The zero-order chi connectivity index (χ0) is 19.3. The van der Waals surface area contributed by atoms with Gasteiger partial charge in [0, 0.05) is 19.1 Å². The molecule has 2 aromatic carbocycles. The van der Waals surface area contributed by atoms with E-state index in [9.17, 15) is 0 Å². The van der Waals surface area contributed by atoms with Crippen molar-refractivity contribution in [2.75, 3.05) is 26.7 Å². The summed E-state index contributed by atoms with van der Waals surface area (Å²) in [5.74, 6) is 1.60. The van der Waals surface area contributed by atoms with E-state index >= 15 is 0 Å². The van der Waals surface area contributed by atoms with Crippen molar-refractivity contribution >= 4 is 6.08 Å². The summed E-state index contributed by atoms with van der Waals surface area (Å²) in [4.78, 5) is 0. The van der Waals surface area contributed by atoms with Crippen LogP contribution in [0.2, 0.25) is 0 Å². The maximum Gasteiger partial charge on any atom is 0.118 e. The summed E-state index contributed by atoms with van der Waals surface area (Å²) in [5, 5.41) is 7.28. The van der Waals surface area contributed by atoms with Gasteiger partial charge in [0.1, 0.15) is 5.75 Å². The molecule has 2 rings (SSSR count). The lowest BCUT2D eigenvalue weighted by Crippen LogP contribution is -2.40. The molecule has 0 saturated heterocycles. The van der Waals surface area contributed by atoms with Crippen LogP contribution in [0.25, 0.3) is 6.08 Å². The van der Waals surface area contributed by atoms with Crippen molar-refractivity contribution in [2.24, 2.45) is 5.92 Å². The second-order valence-corrected chi connectivity index (χ2v) is 7.35. The molecule has 0 heterocycles. The summed E-state index contributed by atoms with van der Waals surface area (Å²) in [6.07, 6.45) is 6.59. The van der Waals surface area contributed by atoms with Crippen molar-refractivity contribution in [1.29, 1.82) is 0 Å². The zero-order valence-corrected chi connectivity index (χ0v) is 16.9. The molecule has 0 amide bonds. The van der Waals surface area contributed by atoms with Crippen LogP contribution in [0.15, 0.2) is 60.7 Å². The van der Waals surface area contributed by atoms with Gasteiger partial charge in [-0.25, -0.2) is 0 Å². The van der Waals surface area contributed by atoms with Gasteiger partial charge >= 0.3 is 0 Å². The highest BCUT2D eigenvalue weighted by Crippen LogP contribution is 2.11. The standard InChI is InChI=1S/C24H34N2O/c1-20(2)18-23(26-16-7-10-21-8-5-4-6-9-21)19-25-17-15-22-11-13-24(27-3)14-12-22/h4-14,20,23,25-26H,15-19H2,1-3H3. The second kappa shape index (κ2) is 12.3. The predicted octanol–water partition coefficient (Wildman–Crippen LogP) is 4.55. The van der Waals surface area contributed by atoms with E-state index in [1.54, 1.807) is 7.11 Å². The number of hydrogen-bond donors (Lipinski definition) is 2. The molecule has 1 unspecified atom stereocenters. The molecule has 3 heteroatoms. The lowest BCUT2D eigenvalue weighted by atomic mass is 10.0. The number of benzene rings is 2. The average Bonchev–Trinajstić information content (AvgIpc) is 2.69. The van der Waals surface area contributed by atoms with E-state index in [4.69, 9.17) is 4.74 Å². The van der Waals surface area contributed by atoms with Crippen LogP contribution in [0.1, 0.15) is 31.4 Å². The molecule has 0 aliphatic carbocycles. The SMILES string of the molecule is COc1ccc(CCNCC(CC(C)C)NCC=Cc2ccccc2)cc1. The molecule has 0 saturated carbocycles. The fourth-order valence-electron chi connectivity index (χ4n) is 3.10. The van der Waals surface area contributed by atoms with Crippen molar-refractivity contribution in [3.8, 4) is 5.75 Å². The van der Waals surface area contributed by atoms with E-state index < -0.39 is 0 Å². The van der Waals surface area contributed by atoms with Gasteiger partial charge in [-0.2, -0.15) is 0 Å². The number of rotatable bonds is 12. The highest BCUT2D eigenvalue weighted by molar-refractivity contribution is 5.48. The quantitative estimate of drug-likeness (QED) is 0.541. The minimum Gasteiger partial charge on any atom is -0.497 e. The first-order valence-electron chi connectivity index (χ1n) is 9.96. The summed E-state index contributed by atoms with van der Waals surface area (Å²) < 4.78 is 5.21. The number of hydrogen-bond acceptors (Lipinski definition) is 3. The molecule has 146 valence electrons. The van der Waals surface area contributed by atoms with E-state index in [2.05, 4.69) is 73.0 Å². The summed E-state index contributed by atoms with van der Waals surface area (Å²) in [6, 6.07) is 19.3. The molecule has 3 nitrogen and oxygen atoms in total. The van der Waals surface area contributed by atoms with Crippen LogP contribution < -0.4 is 15.4 Å². The number of ether oxygens (including phenoxy) is 1. The summed E-state index contributed by atoms with van der Waals surface area (Å²) in [5.41, 5.74) is 2.58. The van der Waals surface area contributed by atoms with E-state index in [1.807, 2.05) is 18.2 Å². The molecule has 0 aliphatic heterocycles. The molecule has 0 bridgehead atoms. The molecule has 27 heavy (non-hydrogen) atoms. The number of methoxy groups -OCH3 is 1. The molecule has 0 radical (unpaired) electrons. The third-order valence-electron chi connectivity index (χ3n) is 4.53. The summed E-state index contributed by atoms with van der Waals surface area (Å²) in [6.45, 7) is 7.44. The van der Waals surface area contributed by atoms with Crippen LogP contribution in [0.4, 0.5) is 0 Å². The Hall–Kier alpha value is -2.10. The van der Waals surface area contributed by atoms with Gasteiger partial charge in [-0.05, 0) is 48.6 Å². The van der Waals surface area contributed by atoms with Gasteiger partial charge in [-0.15, -0.1) is 0 Å². The van der Waals surface area contributed by atoms with E-state index in [0.717, 1.165) is 31.8 Å². The van der Waals surface area contributed by atoms with E-state index in [1.165, 1.54) is 17.5 Å². The van der Waals surface area contributed by atoms with Crippen LogP contribution in [0.3, 0.4) is 0 Å². The first kappa shape index (κ1) is 21.2. The fraction of sp³-hybridized carbons (Fsp3) is 0.417. The van der Waals surface area contributed by atoms with Crippen molar-refractivity contribution in [2.45, 2.75) is 32.7 Å². The van der Waals surface area contributed by atoms with Crippen molar-refractivity contribution in [1.82, 2.24) is 10.6 Å². The van der Waals surface area contributed by atoms with Gasteiger partial charge in [0.25, 0.3) is 0 Å². The maximum atomic E-state index is 5.21. The Morgan fingerprint density at radius 3 is 2.41 bits per heavy atom. The highest BCUT2D eigenvalue weighted by atomic mass is 16.5. The molecule has 0 aromatic heterocycles. The first-order chi connectivity index (χ1) is 13.2. The summed E-state index contributed by atoms with van der Waals surface area (Å²) >= 11 is 0. The van der Waals surface area contributed by atoms with Gasteiger partial charge in [0.2, 0.25) is 0 Å². The highest BCUT2D eigenvalue weighted by Gasteiger charge is 2.09. The van der Waals surface area contributed by atoms with Crippen LogP contribution in [-0.2, 0) is 6.42 Å². The van der Waals surface area contributed by atoms with Crippen LogP contribution in [-0.4, -0.2) is 32.8 Å². The van der Waals surface area contributed by atoms with Gasteiger partial charge in [-0.3, -0.25) is 0 Å². The molecule has 0 spiro atoms. The Kier molecular flexibility index (Phi) is 9.67. The molecule has 2 aromatic rings. The zero-order valence-electron chi connectivity index (χ0n) is 16.9. The molecular weight excluding hydrogens is 332 g/mol. The molecule has 0 fully saturated rings. The Bertz CT molecular complexity index is 650. The molecule has 1 atom stereocenters. The van der Waals surface area contributed by atoms with Gasteiger partial charge in [0.05, 0.1) is 7.11 Å². The minimum atomic E-state index is 0.487. The lowest BCUT2D eigenvalue weighted by molar-refractivity contribution is 0.411. The normalized spacial score (nSPS) is 12.6. The maximum absolute atomic E-state index is 5.21. The smallest absolute Gasteiger partial charge is 0.118 e. The first-order valence-corrected chi connectivity index (χ1v) is 9.96.